The molecule has 0 fully saturated rings. The van der Waals surface area contributed by atoms with E-state index in [-0.39, 0.29) is 19.0 Å². The van der Waals surface area contributed by atoms with Crippen molar-refractivity contribution in [3.63, 3.8) is 0 Å². The molecule has 0 aliphatic rings. The SMILES string of the molecule is CCOC(=O)C(F)(F)c1cccc(OCCOC)c1. The van der Waals surface area contributed by atoms with Crippen LogP contribution in [0.1, 0.15) is 12.5 Å². The summed E-state index contributed by atoms with van der Waals surface area (Å²) in [6, 6.07) is 5.19. The molecule has 0 atom stereocenters. The first kappa shape index (κ1) is 15.4. The van der Waals surface area contributed by atoms with Crippen molar-refractivity contribution in [1.82, 2.24) is 0 Å². The molecular weight excluding hydrogens is 258 g/mol. The topological polar surface area (TPSA) is 44.8 Å². The number of carbonyl (C=O) groups excluding carboxylic acids is 1. The molecule has 0 saturated heterocycles. The summed E-state index contributed by atoms with van der Waals surface area (Å²) in [6.45, 7) is 1.96. The smallest absolute Gasteiger partial charge is 0.381 e. The Kier molecular flexibility index (Phi) is 5.69. The average Bonchev–Trinajstić information content (AvgIpc) is 2.39. The Labute approximate surface area is 110 Å². The molecule has 0 heterocycles. The van der Waals surface area contributed by atoms with Crippen LogP contribution in [-0.2, 0) is 20.2 Å². The molecule has 0 saturated carbocycles. The van der Waals surface area contributed by atoms with E-state index >= 15 is 0 Å². The number of methoxy groups -OCH3 is 1. The largest absolute Gasteiger partial charge is 0.491 e. The van der Waals surface area contributed by atoms with Gasteiger partial charge in [0, 0.05) is 12.7 Å². The van der Waals surface area contributed by atoms with Gasteiger partial charge in [-0.3, -0.25) is 0 Å². The van der Waals surface area contributed by atoms with Gasteiger partial charge < -0.3 is 14.2 Å². The normalized spacial score (nSPS) is 11.2. The lowest BCUT2D eigenvalue weighted by atomic mass is 10.1. The Balaban J connectivity index is 2.82. The first-order valence-electron chi connectivity index (χ1n) is 5.79. The van der Waals surface area contributed by atoms with Crippen LogP contribution < -0.4 is 4.74 Å². The van der Waals surface area contributed by atoms with Gasteiger partial charge in [-0.1, -0.05) is 12.1 Å². The molecule has 0 N–H and O–H groups in total. The number of halogens is 2. The molecule has 0 aliphatic carbocycles. The van der Waals surface area contributed by atoms with Gasteiger partial charge in [-0.15, -0.1) is 0 Å². The van der Waals surface area contributed by atoms with Crippen LogP contribution >= 0.6 is 0 Å². The maximum absolute atomic E-state index is 13.8. The van der Waals surface area contributed by atoms with Crippen LogP contribution in [0.15, 0.2) is 24.3 Å². The van der Waals surface area contributed by atoms with Gasteiger partial charge in [-0.25, -0.2) is 4.79 Å². The molecule has 0 amide bonds. The minimum atomic E-state index is -3.68. The van der Waals surface area contributed by atoms with E-state index in [0.29, 0.717) is 6.61 Å². The Hall–Kier alpha value is -1.69. The molecule has 0 unspecified atom stereocenters. The standard InChI is InChI=1S/C13H16F2O4/c1-3-18-12(16)13(14,15)10-5-4-6-11(9-10)19-8-7-17-2/h4-6,9H,3,7-8H2,1-2H3. The summed E-state index contributed by atoms with van der Waals surface area (Å²) in [6.07, 6.45) is 0. The quantitative estimate of drug-likeness (QED) is 0.565. The highest BCUT2D eigenvalue weighted by Crippen LogP contribution is 2.31. The number of ether oxygens (including phenoxy) is 3. The first-order valence-corrected chi connectivity index (χ1v) is 5.79. The molecule has 19 heavy (non-hydrogen) atoms. The van der Waals surface area contributed by atoms with Crippen molar-refractivity contribution < 1.29 is 27.8 Å². The van der Waals surface area contributed by atoms with Crippen molar-refractivity contribution in [3.8, 4) is 5.75 Å². The fourth-order valence-electron chi connectivity index (χ4n) is 1.36. The van der Waals surface area contributed by atoms with E-state index < -0.39 is 17.5 Å². The van der Waals surface area contributed by atoms with Crippen LogP contribution in [0, 0.1) is 0 Å². The summed E-state index contributed by atoms with van der Waals surface area (Å²) in [4.78, 5) is 11.2. The van der Waals surface area contributed by atoms with Crippen molar-refractivity contribution >= 4 is 5.97 Å². The number of benzene rings is 1. The van der Waals surface area contributed by atoms with Crippen molar-refractivity contribution in [2.45, 2.75) is 12.8 Å². The van der Waals surface area contributed by atoms with E-state index in [1.807, 2.05) is 0 Å². The zero-order chi connectivity index (χ0) is 14.3. The monoisotopic (exact) mass is 274 g/mol. The molecule has 4 nitrogen and oxygen atoms in total. The van der Waals surface area contributed by atoms with Crippen LogP contribution in [0.3, 0.4) is 0 Å². The zero-order valence-corrected chi connectivity index (χ0v) is 10.8. The number of hydrogen-bond acceptors (Lipinski definition) is 4. The van der Waals surface area contributed by atoms with E-state index in [1.165, 1.54) is 26.2 Å². The van der Waals surface area contributed by atoms with Gasteiger partial charge in [0.25, 0.3) is 0 Å². The highest BCUT2D eigenvalue weighted by atomic mass is 19.3. The predicted octanol–water partition coefficient (Wildman–Crippen LogP) is 2.37. The molecule has 0 radical (unpaired) electrons. The third kappa shape index (κ3) is 4.17. The number of hydrogen-bond donors (Lipinski definition) is 0. The van der Waals surface area contributed by atoms with E-state index in [4.69, 9.17) is 9.47 Å². The highest BCUT2D eigenvalue weighted by molar-refractivity contribution is 5.79. The Morgan fingerprint density at radius 2 is 2.05 bits per heavy atom. The van der Waals surface area contributed by atoms with Gasteiger partial charge in [0.1, 0.15) is 12.4 Å². The molecule has 0 bridgehead atoms. The third-order valence-electron chi connectivity index (χ3n) is 2.28. The maximum Gasteiger partial charge on any atom is 0.381 e. The molecule has 0 aliphatic heterocycles. The number of rotatable bonds is 7. The molecular formula is C13H16F2O4. The number of esters is 1. The number of carbonyl (C=O) groups is 1. The molecule has 106 valence electrons. The van der Waals surface area contributed by atoms with Gasteiger partial charge in [-0.2, -0.15) is 8.78 Å². The van der Waals surface area contributed by atoms with E-state index in [2.05, 4.69) is 4.74 Å². The lowest BCUT2D eigenvalue weighted by Gasteiger charge is -2.15. The van der Waals surface area contributed by atoms with Crippen LogP contribution in [0.5, 0.6) is 5.75 Å². The van der Waals surface area contributed by atoms with Crippen LogP contribution in [0.25, 0.3) is 0 Å². The van der Waals surface area contributed by atoms with Crippen molar-refractivity contribution in [1.29, 1.82) is 0 Å². The van der Waals surface area contributed by atoms with Crippen molar-refractivity contribution in [3.05, 3.63) is 29.8 Å². The minimum Gasteiger partial charge on any atom is -0.491 e. The Morgan fingerprint density at radius 3 is 2.68 bits per heavy atom. The molecule has 0 aromatic heterocycles. The fourth-order valence-corrected chi connectivity index (χ4v) is 1.36. The molecule has 1 aromatic rings. The van der Waals surface area contributed by atoms with Gasteiger partial charge in [0.15, 0.2) is 0 Å². The Morgan fingerprint density at radius 1 is 1.32 bits per heavy atom. The second-order valence-electron chi connectivity index (χ2n) is 3.66. The summed E-state index contributed by atoms with van der Waals surface area (Å²) in [7, 11) is 1.51. The second-order valence-corrected chi connectivity index (χ2v) is 3.66. The average molecular weight is 274 g/mol. The lowest BCUT2D eigenvalue weighted by Crippen LogP contribution is -2.28. The molecule has 1 rings (SSSR count). The number of alkyl halides is 2. The third-order valence-corrected chi connectivity index (χ3v) is 2.28. The summed E-state index contributed by atoms with van der Waals surface area (Å²) < 4.78 is 41.8. The molecule has 6 heteroatoms. The van der Waals surface area contributed by atoms with E-state index in [1.54, 1.807) is 0 Å². The van der Waals surface area contributed by atoms with Crippen LogP contribution in [0.2, 0.25) is 0 Å². The lowest BCUT2D eigenvalue weighted by molar-refractivity contribution is -0.173. The van der Waals surface area contributed by atoms with Gasteiger partial charge in [0.2, 0.25) is 0 Å². The summed E-state index contributed by atoms with van der Waals surface area (Å²) in [5.41, 5.74) is -0.458. The first-order chi connectivity index (χ1) is 9.02. The van der Waals surface area contributed by atoms with Gasteiger partial charge in [-0.05, 0) is 19.1 Å². The van der Waals surface area contributed by atoms with Gasteiger partial charge >= 0.3 is 11.9 Å². The van der Waals surface area contributed by atoms with Crippen molar-refractivity contribution in [2.24, 2.45) is 0 Å². The maximum atomic E-state index is 13.8. The highest BCUT2D eigenvalue weighted by Gasteiger charge is 2.42. The summed E-state index contributed by atoms with van der Waals surface area (Å²) in [5.74, 6) is -5.00. The molecule has 0 spiro atoms. The fraction of sp³-hybridized carbons (Fsp3) is 0.462. The van der Waals surface area contributed by atoms with Crippen molar-refractivity contribution in [2.75, 3.05) is 26.9 Å². The summed E-state index contributed by atoms with van der Waals surface area (Å²) >= 11 is 0. The minimum absolute atomic E-state index is 0.0988. The second kappa shape index (κ2) is 7.04. The Bertz CT molecular complexity index is 421. The predicted molar refractivity (Wildman–Crippen MR) is 64.3 cm³/mol. The van der Waals surface area contributed by atoms with E-state index in [0.717, 1.165) is 12.1 Å². The molecule has 1 aromatic carbocycles. The van der Waals surface area contributed by atoms with Gasteiger partial charge in [0.05, 0.1) is 13.2 Å². The summed E-state index contributed by atoms with van der Waals surface area (Å²) in [5, 5.41) is 0. The van der Waals surface area contributed by atoms with E-state index in [9.17, 15) is 13.6 Å². The van der Waals surface area contributed by atoms with Crippen LogP contribution in [0.4, 0.5) is 8.78 Å². The zero-order valence-electron chi connectivity index (χ0n) is 10.8. The van der Waals surface area contributed by atoms with Crippen LogP contribution in [-0.4, -0.2) is 32.9 Å².